The zero-order chi connectivity index (χ0) is 15.1. The van der Waals surface area contributed by atoms with E-state index in [-0.39, 0.29) is 29.8 Å². The summed E-state index contributed by atoms with van der Waals surface area (Å²) in [6.07, 6.45) is 1.36. The van der Waals surface area contributed by atoms with Gasteiger partial charge in [-0.05, 0) is 37.5 Å². The lowest BCUT2D eigenvalue weighted by atomic mass is 9.83. The van der Waals surface area contributed by atoms with Gasteiger partial charge in [-0.15, -0.1) is 0 Å². The van der Waals surface area contributed by atoms with Crippen LogP contribution in [0.5, 0.6) is 5.75 Å². The molecule has 4 atom stereocenters. The minimum Gasteiger partial charge on any atom is -0.493 e. The molecule has 1 aromatic carbocycles. The Morgan fingerprint density at radius 3 is 2.71 bits per heavy atom. The summed E-state index contributed by atoms with van der Waals surface area (Å²) in [6.45, 7) is 6.79. The number of Topliss-reactive ketones (excluding diaryl/α,β-unsaturated/α-hetero) is 1. The van der Waals surface area contributed by atoms with Gasteiger partial charge in [0.25, 0.3) is 0 Å². The minimum absolute atomic E-state index is 0.0179. The van der Waals surface area contributed by atoms with Crippen molar-refractivity contribution in [2.45, 2.75) is 45.8 Å². The highest BCUT2D eigenvalue weighted by molar-refractivity contribution is 6.30. The number of fused-ring (bicyclic) bond motifs is 1. The summed E-state index contributed by atoms with van der Waals surface area (Å²) >= 11 is 6.16. The summed E-state index contributed by atoms with van der Waals surface area (Å²) in [4.78, 5) is 12.7. The zero-order valence-corrected chi connectivity index (χ0v) is 13.4. The molecule has 0 aliphatic carbocycles. The second kappa shape index (κ2) is 5.62. The number of halogens is 1. The van der Waals surface area contributed by atoms with E-state index in [2.05, 4.69) is 6.92 Å². The van der Waals surface area contributed by atoms with Crippen LogP contribution in [0.3, 0.4) is 0 Å². The fourth-order valence-corrected chi connectivity index (χ4v) is 3.87. The van der Waals surface area contributed by atoms with Crippen LogP contribution in [0, 0.1) is 11.8 Å². The number of carbonyl (C=O) groups excluding carboxylic acids is 1. The number of rotatable bonds is 3. The lowest BCUT2D eigenvalue weighted by molar-refractivity contribution is -0.124. The Balaban J connectivity index is 1.83. The summed E-state index contributed by atoms with van der Waals surface area (Å²) in [6, 6.07) is 3.79. The topological polar surface area (TPSA) is 35.5 Å². The summed E-state index contributed by atoms with van der Waals surface area (Å²) in [5, 5.41) is 0.680. The summed E-state index contributed by atoms with van der Waals surface area (Å²) in [5.74, 6) is 1.29. The largest absolute Gasteiger partial charge is 0.493 e. The first-order chi connectivity index (χ1) is 9.97. The first kappa shape index (κ1) is 14.9. The van der Waals surface area contributed by atoms with Gasteiger partial charge in [0.1, 0.15) is 11.5 Å². The van der Waals surface area contributed by atoms with Crippen LogP contribution in [0.1, 0.15) is 31.9 Å². The predicted octanol–water partition coefficient (Wildman–Crippen LogP) is 3.45. The highest BCUT2D eigenvalue weighted by atomic mass is 35.5. The van der Waals surface area contributed by atoms with E-state index in [1.807, 2.05) is 26.0 Å². The molecule has 2 aliphatic heterocycles. The SMILES string of the molecule is CC1OC(C)C(C(=O)Cc2cc(Cl)cc3c2OCC3)C1C. The number of ketones is 1. The molecule has 21 heavy (non-hydrogen) atoms. The molecular formula is C17H21ClO3. The van der Waals surface area contributed by atoms with Crippen molar-refractivity contribution in [2.24, 2.45) is 11.8 Å². The zero-order valence-electron chi connectivity index (χ0n) is 12.7. The second-order valence-corrected chi connectivity index (χ2v) is 6.66. The molecule has 2 heterocycles. The molecular weight excluding hydrogens is 288 g/mol. The first-order valence-electron chi connectivity index (χ1n) is 7.59. The fraction of sp³-hybridized carbons (Fsp3) is 0.588. The molecule has 0 bridgehead atoms. The molecule has 4 heteroatoms. The number of hydrogen-bond donors (Lipinski definition) is 0. The van der Waals surface area contributed by atoms with Crippen molar-refractivity contribution in [1.82, 2.24) is 0 Å². The molecule has 3 rings (SSSR count). The molecule has 0 saturated carbocycles. The van der Waals surface area contributed by atoms with E-state index >= 15 is 0 Å². The molecule has 0 amide bonds. The summed E-state index contributed by atoms with van der Waals surface area (Å²) in [7, 11) is 0. The molecule has 114 valence electrons. The van der Waals surface area contributed by atoms with E-state index in [1.165, 1.54) is 0 Å². The van der Waals surface area contributed by atoms with Crippen molar-refractivity contribution < 1.29 is 14.3 Å². The van der Waals surface area contributed by atoms with Gasteiger partial charge in [-0.2, -0.15) is 0 Å². The van der Waals surface area contributed by atoms with Crippen LogP contribution in [-0.2, 0) is 22.4 Å². The van der Waals surface area contributed by atoms with Crippen LogP contribution >= 0.6 is 11.6 Å². The lowest BCUT2D eigenvalue weighted by Crippen LogP contribution is -2.28. The van der Waals surface area contributed by atoms with Gasteiger partial charge in [0.15, 0.2) is 0 Å². The maximum atomic E-state index is 12.7. The number of ether oxygens (including phenoxy) is 2. The first-order valence-corrected chi connectivity index (χ1v) is 7.97. The van der Waals surface area contributed by atoms with Crippen LogP contribution in [0.2, 0.25) is 5.02 Å². The Kier molecular flexibility index (Phi) is 3.98. The van der Waals surface area contributed by atoms with Crippen LogP contribution in [0.4, 0.5) is 0 Å². The van der Waals surface area contributed by atoms with Gasteiger partial charge in [-0.25, -0.2) is 0 Å². The molecule has 4 unspecified atom stereocenters. The summed E-state index contributed by atoms with van der Waals surface area (Å²) < 4.78 is 11.5. The average molecular weight is 309 g/mol. The van der Waals surface area contributed by atoms with Crippen LogP contribution in [-0.4, -0.2) is 24.6 Å². The van der Waals surface area contributed by atoms with E-state index in [9.17, 15) is 4.79 Å². The van der Waals surface area contributed by atoms with E-state index < -0.39 is 0 Å². The van der Waals surface area contributed by atoms with Crippen molar-refractivity contribution in [3.05, 3.63) is 28.3 Å². The average Bonchev–Trinajstić information content (AvgIpc) is 2.95. The maximum absolute atomic E-state index is 12.7. The standard InChI is InChI=1S/C17H21ClO3/c1-9-10(2)21-11(3)16(9)15(19)8-13-7-14(18)6-12-4-5-20-17(12)13/h6-7,9-11,16H,4-5,8H2,1-3H3. The molecule has 1 aromatic rings. The molecule has 0 radical (unpaired) electrons. The molecule has 1 saturated heterocycles. The molecule has 3 nitrogen and oxygen atoms in total. The molecule has 0 spiro atoms. The smallest absolute Gasteiger partial charge is 0.143 e. The van der Waals surface area contributed by atoms with Gasteiger partial charge in [-0.1, -0.05) is 18.5 Å². The summed E-state index contributed by atoms with van der Waals surface area (Å²) in [5.41, 5.74) is 2.03. The van der Waals surface area contributed by atoms with Crippen molar-refractivity contribution in [1.29, 1.82) is 0 Å². The highest BCUT2D eigenvalue weighted by Crippen LogP contribution is 2.37. The van der Waals surface area contributed by atoms with E-state index in [0.717, 1.165) is 23.3 Å². The second-order valence-electron chi connectivity index (χ2n) is 6.23. The van der Waals surface area contributed by atoms with Gasteiger partial charge >= 0.3 is 0 Å². The highest BCUT2D eigenvalue weighted by Gasteiger charge is 2.41. The third-order valence-electron chi connectivity index (χ3n) is 4.80. The van der Waals surface area contributed by atoms with E-state index in [1.54, 1.807) is 0 Å². The molecule has 0 N–H and O–H groups in total. The van der Waals surface area contributed by atoms with E-state index in [4.69, 9.17) is 21.1 Å². The Morgan fingerprint density at radius 1 is 1.29 bits per heavy atom. The van der Waals surface area contributed by atoms with Crippen molar-refractivity contribution in [2.75, 3.05) is 6.61 Å². The van der Waals surface area contributed by atoms with Crippen molar-refractivity contribution in [3.8, 4) is 5.75 Å². The van der Waals surface area contributed by atoms with Gasteiger partial charge in [0.2, 0.25) is 0 Å². The monoisotopic (exact) mass is 308 g/mol. The van der Waals surface area contributed by atoms with Gasteiger partial charge < -0.3 is 9.47 Å². The Labute approximate surface area is 130 Å². The molecule has 0 aromatic heterocycles. The van der Waals surface area contributed by atoms with Crippen molar-refractivity contribution in [3.63, 3.8) is 0 Å². The minimum atomic E-state index is -0.0453. The number of hydrogen-bond acceptors (Lipinski definition) is 3. The predicted molar refractivity (Wildman–Crippen MR) is 82.0 cm³/mol. The Hall–Kier alpha value is -1.06. The van der Waals surface area contributed by atoms with Gasteiger partial charge in [0.05, 0.1) is 18.8 Å². The molecule has 1 fully saturated rings. The van der Waals surface area contributed by atoms with Gasteiger partial charge in [-0.3, -0.25) is 4.79 Å². The quantitative estimate of drug-likeness (QED) is 0.858. The normalized spacial score (nSPS) is 31.0. The Morgan fingerprint density at radius 2 is 2.05 bits per heavy atom. The fourth-order valence-electron chi connectivity index (χ4n) is 3.60. The molecule has 2 aliphatic rings. The maximum Gasteiger partial charge on any atom is 0.143 e. The third-order valence-corrected chi connectivity index (χ3v) is 5.02. The third kappa shape index (κ3) is 2.69. The van der Waals surface area contributed by atoms with Crippen molar-refractivity contribution >= 4 is 17.4 Å². The van der Waals surface area contributed by atoms with Gasteiger partial charge in [0, 0.05) is 29.3 Å². The van der Waals surface area contributed by atoms with Crippen LogP contribution in [0.15, 0.2) is 12.1 Å². The van der Waals surface area contributed by atoms with Crippen LogP contribution < -0.4 is 4.74 Å². The number of carbonyl (C=O) groups is 1. The number of benzene rings is 1. The lowest BCUT2D eigenvalue weighted by Gasteiger charge is -2.18. The van der Waals surface area contributed by atoms with Crippen LogP contribution in [0.25, 0.3) is 0 Å². The Bertz CT molecular complexity index is 569. The van der Waals surface area contributed by atoms with E-state index in [0.29, 0.717) is 18.1 Å².